The molecule has 164 valence electrons. The summed E-state index contributed by atoms with van der Waals surface area (Å²) in [6.45, 7) is 5.32. The van der Waals surface area contributed by atoms with E-state index in [2.05, 4.69) is 10.4 Å². The molecule has 1 aromatic heterocycles. The summed E-state index contributed by atoms with van der Waals surface area (Å²) in [5, 5.41) is 7.10. The highest BCUT2D eigenvalue weighted by Crippen LogP contribution is 2.27. The molecule has 11 heteroatoms. The van der Waals surface area contributed by atoms with Crippen LogP contribution in [-0.2, 0) is 19.9 Å². The van der Waals surface area contributed by atoms with Crippen molar-refractivity contribution in [3.8, 4) is 0 Å². The van der Waals surface area contributed by atoms with Gasteiger partial charge in [0.1, 0.15) is 5.82 Å². The number of rotatable bonds is 6. The van der Waals surface area contributed by atoms with Gasteiger partial charge >= 0.3 is 0 Å². The minimum absolute atomic E-state index is 0.00703. The molecule has 30 heavy (non-hydrogen) atoms. The molecule has 0 spiro atoms. The number of sulfonamides is 1. The first-order valence-electron chi connectivity index (χ1n) is 9.57. The monoisotopic (exact) mass is 454 g/mol. The Labute approximate surface area is 177 Å². The first kappa shape index (κ1) is 22.4. The van der Waals surface area contributed by atoms with Gasteiger partial charge in [-0.3, -0.25) is 4.79 Å². The van der Waals surface area contributed by atoms with Crippen molar-refractivity contribution in [2.24, 2.45) is 0 Å². The number of benzene rings is 1. The number of hydrogen-bond acceptors (Lipinski definition) is 6. The molecule has 1 aliphatic heterocycles. The number of nitrogens with one attached hydrogen (secondary N) is 1. The van der Waals surface area contributed by atoms with Gasteiger partial charge in [0.2, 0.25) is 10.0 Å². The van der Waals surface area contributed by atoms with Crippen LogP contribution in [0.15, 0.2) is 35.2 Å². The Morgan fingerprint density at radius 3 is 2.43 bits per heavy atom. The fraction of sp³-hybridized carbons (Fsp3) is 0.474. The Balaban J connectivity index is 1.79. The van der Waals surface area contributed by atoms with Gasteiger partial charge in [0.15, 0.2) is 9.84 Å². The van der Waals surface area contributed by atoms with E-state index in [1.807, 2.05) is 0 Å². The van der Waals surface area contributed by atoms with Crippen molar-refractivity contribution in [1.82, 2.24) is 14.1 Å². The minimum Gasteiger partial charge on any atom is -0.307 e. The molecule has 3 rings (SSSR count). The first-order valence-corrected chi connectivity index (χ1v) is 12.8. The molecule has 1 amide bonds. The lowest BCUT2D eigenvalue weighted by molar-refractivity contribution is 0.102. The third-order valence-corrected chi connectivity index (χ3v) is 8.97. The zero-order chi connectivity index (χ0) is 22.3. The second-order valence-corrected chi connectivity index (χ2v) is 12.0. The third-order valence-electron chi connectivity index (χ3n) is 5.17. The number of hydrogen-bond donors (Lipinski definition) is 1. The molecule has 2 aromatic rings. The van der Waals surface area contributed by atoms with E-state index in [4.69, 9.17) is 0 Å². The lowest BCUT2D eigenvalue weighted by Gasteiger charge is -2.21. The van der Waals surface area contributed by atoms with Gasteiger partial charge in [0.05, 0.1) is 28.1 Å². The molecular formula is C19H26N4O5S2. The van der Waals surface area contributed by atoms with E-state index in [1.54, 1.807) is 31.5 Å². The van der Waals surface area contributed by atoms with Gasteiger partial charge in [-0.15, -0.1) is 0 Å². The molecule has 1 N–H and O–H groups in total. The van der Waals surface area contributed by atoms with E-state index in [0.717, 1.165) is 0 Å². The van der Waals surface area contributed by atoms with Gasteiger partial charge in [0, 0.05) is 24.7 Å². The van der Waals surface area contributed by atoms with E-state index >= 15 is 0 Å². The van der Waals surface area contributed by atoms with Gasteiger partial charge < -0.3 is 5.32 Å². The molecular weight excluding hydrogens is 428 g/mol. The second-order valence-electron chi connectivity index (χ2n) is 7.77. The summed E-state index contributed by atoms with van der Waals surface area (Å²) >= 11 is 0. The van der Waals surface area contributed by atoms with Gasteiger partial charge in [0.25, 0.3) is 5.91 Å². The van der Waals surface area contributed by atoms with Crippen LogP contribution in [0, 0.1) is 6.92 Å². The molecule has 1 unspecified atom stereocenters. The van der Waals surface area contributed by atoms with Crippen molar-refractivity contribution < 1.29 is 21.6 Å². The fourth-order valence-electron chi connectivity index (χ4n) is 3.27. The van der Waals surface area contributed by atoms with Crippen molar-refractivity contribution in [1.29, 1.82) is 0 Å². The second kappa shape index (κ2) is 8.12. The largest absolute Gasteiger partial charge is 0.307 e. The molecule has 1 atom stereocenters. The summed E-state index contributed by atoms with van der Waals surface area (Å²) in [6, 6.07) is 6.86. The lowest BCUT2D eigenvalue weighted by atomic mass is 10.2. The fourth-order valence-corrected chi connectivity index (χ4v) is 6.33. The topological polar surface area (TPSA) is 118 Å². The van der Waals surface area contributed by atoms with Crippen molar-refractivity contribution in [3.63, 3.8) is 0 Å². The number of amides is 1. The molecule has 1 aliphatic rings. The summed E-state index contributed by atoms with van der Waals surface area (Å²) in [6.07, 6.45) is 0.447. The zero-order valence-corrected chi connectivity index (χ0v) is 19.0. The summed E-state index contributed by atoms with van der Waals surface area (Å²) in [7, 11) is -5.23. The van der Waals surface area contributed by atoms with Crippen LogP contribution < -0.4 is 5.32 Å². The quantitative estimate of drug-likeness (QED) is 0.711. The van der Waals surface area contributed by atoms with Crippen molar-refractivity contribution in [3.05, 3.63) is 41.6 Å². The molecule has 2 heterocycles. The Morgan fingerprint density at radius 2 is 1.90 bits per heavy atom. The smallest absolute Gasteiger partial charge is 0.256 e. The maximum atomic E-state index is 12.7. The Kier molecular flexibility index (Phi) is 6.08. The third kappa shape index (κ3) is 4.57. The normalized spacial score (nSPS) is 18.8. The Hall–Kier alpha value is -2.24. The minimum atomic E-state index is -3.63. The first-order chi connectivity index (χ1) is 13.9. The van der Waals surface area contributed by atoms with Gasteiger partial charge in [-0.1, -0.05) is 0 Å². The van der Waals surface area contributed by atoms with E-state index in [0.29, 0.717) is 17.9 Å². The summed E-state index contributed by atoms with van der Waals surface area (Å²) in [5.74, 6) is 0.0754. The number of aromatic nitrogens is 2. The SMILES string of the molecule is Cc1cc(NC(=O)c2ccc(S(=O)(=O)N(C)C(C)C)cc2)n(C2CCS(=O)(=O)C2)n1. The van der Waals surface area contributed by atoms with Crippen LogP contribution in [0.3, 0.4) is 0 Å². The average molecular weight is 455 g/mol. The Bertz CT molecular complexity index is 1150. The molecule has 9 nitrogen and oxygen atoms in total. The van der Waals surface area contributed by atoms with Crippen LogP contribution in [0.1, 0.15) is 42.4 Å². The molecule has 0 radical (unpaired) electrons. The number of nitrogens with zero attached hydrogens (tertiary/aromatic N) is 3. The van der Waals surface area contributed by atoms with Crippen LogP contribution in [0.25, 0.3) is 0 Å². The predicted octanol–water partition coefficient (Wildman–Crippen LogP) is 1.83. The molecule has 0 saturated carbocycles. The van der Waals surface area contributed by atoms with E-state index in [1.165, 1.54) is 35.6 Å². The highest BCUT2D eigenvalue weighted by Gasteiger charge is 2.31. The molecule has 0 aliphatic carbocycles. The van der Waals surface area contributed by atoms with Crippen molar-refractivity contribution >= 4 is 31.6 Å². The van der Waals surface area contributed by atoms with Crippen LogP contribution in [0.4, 0.5) is 5.82 Å². The van der Waals surface area contributed by atoms with Crippen molar-refractivity contribution in [2.45, 2.75) is 44.2 Å². The molecule has 1 aromatic carbocycles. The van der Waals surface area contributed by atoms with Crippen LogP contribution in [0.5, 0.6) is 0 Å². The Morgan fingerprint density at radius 1 is 1.27 bits per heavy atom. The maximum absolute atomic E-state index is 12.7. The number of carbonyl (C=O) groups is 1. The predicted molar refractivity (Wildman–Crippen MR) is 114 cm³/mol. The average Bonchev–Trinajstić information content (AvgIpc) is 3.22. The van der Waals surface area contributed by atoms with Crippen LogP contribution in [-0.4, -0.2) is 61.4 Å². The lowest BCUT2D eigenvalue weighted by Crippen LogP contribution is -2.33. The number of anilines is 1. The van der Waals surface area contributed by atoms with Gasteiger partial charge in [-0.2, -0.15) is 9.40 Å². The zero-order valence-electron chi connectivity index (χ0n) is 17.4. The van der Waals surface area contributed by atoms with Gasteiger partial charge in [-0.05, 0) is 51.5 Å². The van der Waals surface area contributed by atoms with Crippen LogP contribution >= 0.6 is 0 Å². The molecule has 1 fully saturated rings. The van der Waals surface area contributed by atoms with E-state index < -0.39 is 25.8 Å². The summed E-state index contributed by atoms with van der Waals surface area (Å²) < 4.78 is 51.5. The molecule has 1 saturated heterocycles. The highest BCUT2D eigenvalue weighted by molar-refractivity contribution is 7.91. The van der Waals surface area contributed by atoms with E-state index in [-0.39, 0.29) is 34.0 Å². The standard InChI is InChI=1S/C19H26N4O5S2/c1-13(2)22(4)30(27,28)17-7-5-15(6-8-17)19(24)20-18-11-14(3)21-23(18)16-9-10-29(25,26)12-16/h5-8,11,13,16H,9-10,12H2,1-4H3,(H,20,24). The summed E-state index contributed by atoms with van der Waals surface area (Å²) in [4.78, 5) is 12.8. The number of aryl methyl sites for hydroxylation is 1. The number of carbonyl (C=O) groups excluding carboxylic acids is 1. The number of sulfone groups is 1. The summed E-state index contributed by atoms with van der Waals surface area (Å²) in [5.41, 5.74) is 0.943. The maximum Gasteiger partial charge on any atom is 0.256 e. The van der Waals surface area contributed by atoms with E-state index in [9.17, 15) is 21.6 Å². The van der Waals surface area contributed by atoms with Crippen molar-refractivity contribution in [2.75, 3.05) is 23.9 Å². The highest BCUT2D eigenvalue weighted by atomic mass is 32.2. The van der Waals surface area contributed by atoms with Crippen LogP contribution in [0.2, 0.25) is 0 Å². The van der Waals surface area contributed by atoms with Gasteiger partial charge in [-0.25, -0.2) is 21.5 Å². The molecule has 0 bridgehead atoms.